The van der Waals surface area contributed by atoms with Gasteiger partial charge >= 0.3 is 0 Å². The van der Waals surface area contributed by atoms with Gasteiger partial charge in [0.05, 0.1) is 23.4 Å². The maximum atomic E-state index is 11.7. The Hall–Kier alpha value is -4.89. The number of nitriles is 1. The number of pyridine rings is 2. The molecule has 0 amide bonds. The summed E-state index contributed by atoms with van der Waals surface area (Å²) >= 11 is 0. The van der Waals surface area contributed by atoms with Crippen molar-refractivity contribution < 1.29 is 17.9 Å². The van der Waals surface area contributed by atoms with E-state index in [-0.39, 0.29) is 33.7 Å². The van der Waals surface area contributed by atoms with Crippen LogP contribution in [0.3, 0.4) is 0 Å². The van der Waals surface area contributed by atoms with E-state index in [2.05, 4.69) is 29.9 Å². The molecule has 4 heterocycles. The Kier molecular flexibility index (Phi) is 5.52. The zero-order valence-corrected chi connectivity index (χ0v) is 18.9. The number of hydrogen-bond acceptors (Lipinski definition) is 10. The molecular weight excluding hydrogens is 470 g/mol. The maximum Gasteiger partial charge on any atom is 0.192 e. The van der Waals surface area contributed by atoms with Crippen LogP contribution in [0.15, 0.2) is 72.4 Å². The minimum absolute atomic E-state index is 0.0759. The van der Waals surface area contributed by atoms with Crippen molar-refractivity contribution >= 4 is 20.9 Å². The van der Waals surface area contributed by atoms with Crippen molar-refractivity contribution in [3.05, 3.63) is 73.1 Å². The number of fused-ring (bicyclic) bond motifs is 1. The quantitative estimate of drug-likeness (QED) is 0.376. The number of nitrogens with zero attached hydrogens (tertiary/aromatic N) is 6. The van der Waals surface area contributed by atoms with Crippen molar-refractivity contribution in [1.82, 2.24) is 29.9 Å². The van der Waals surface area contributed by atoms with Crippen molar-refractivity contribution in [2.24, 2.45) is 0 Å². The van der Waals surface area contributed by atoms with E-state index in [4.69, 9.17) is 9.47 Å². The van der Waals surface area contributed by atoms with Crippen LogP contribution in [0.4, 0.5) is 0 Å². The fourth-order valence-corrected chi connectivity index (χ4v) is 3.73. The molecule has 0 saturated heterocycles. The third-order valence-corrected chi connectivity index (χ3v) is 5.77. The summed E-state index contributed by atoms with van der Waals surface area (Å²) in [7, 11) is -3.45. The Balaban J connectivity index is 1.59. The summed E-state index contributed by atoms with van der Waals surface area (Å²) < 4.78 is 35.4. The fraction of sp³-hybridized carbons (Fsp3) is 0.0435. The topological polar surface area (TPSA) is 157 Å². The van der Waals surface area contributed by atoms with Crippen LogP contribution in [0, 0.1) is 11.3 Å². The molecule has 1 N–H and O–H groups in total. The van der Waals surface area contributed by atoms with Gasteiger partial charge in [0.15, 0.2) is 43.6 Å². The Morgan fingerprint density at radius 2 is 1.80 bits per heavy atom. The van der Waals surface area contributed by atoms with Gasteiger partial charge < -0.3 is 14.5 Å². The smallest absolute Gasteiger partial charge is 0.192 e. The molecule has 5 aromatic rings. The van der Waals surface area contributed by atoms with E-state index in [1.54, 1.807) is 42.9 Å². The lowest BCUT2D eigenvalue weighted by atomic mass is 10.2. The first-order valence-corrected chi connectivity index (χ1v) is 12.0. The Labute approximate surface area is 199 Å². The molecule has 4 aromatic heterocycles. The van der Waals surface area contributed by atoms with E-state index in [0.717, 1.165) is 6.26 Å². The Morgan fingerprint density at radius 1 is 0.943 bits per heavy atom. The summed E-state index contributed by atoms with van der Waals surface area (Å²) in [6, 6.07) is 11.4. The van der Waals surface area contributed by atoms with E-state index in [9.17, 15) is 13.7 Å². The van der Waals surface area contributed by atoms with Crippen molar-refractivity contribution in [2.45, 2.75) is 5.03 Å². The Morgan fingerprint density at radius 3 is 2.51 bits per heavy atom. The number of nitrogens with one attached hydrogen (secondary N) is 1. The van der Waals surface area contributed by atoms with Gasteiger partial charge in [0, 0.05) is 37.0 Å². The van der Waals surface area contributed by atoms with Crippen molar-refractivity contribution in [2.75, 3.05) is 6.26 Å². The normalized spacial score (nSPS) is 11.2. The lowest BCUT2D eigenvalue weighted by Gasteiger charge is -2.13. The second kappa shape index (κ2) is 8.81. The number of imidazole rings is 1. The molecule has 0 atom stereocenters. The van der Waals surface area contributed by atoms with Crippen LogP contribution in [0.25, 0.3) is 22.6 Å². The average molecular weight is 485 g/mol. The van der Waals surface area contributed by atoms with Gasteiger partial charge in [0.2, 0.25) is 0 Å². The highest BCUT2D eigenvalue weighted by Crippen LogP contribution is 2.38. The predicted octanol–water partition coefficient (Wildman–Crippen LogP) is 3.67. The number of H-pyrrole nitrogens is 1. The molecule has 0 aliphatic heterocycles. The number of benzene rings is 1. The molecule has 0 spiro atoms. The number of aromatic amines is 1. The maximum absolute atomic E-state index is 11.7. The van der Waals surface area contributed by atoms with E-state index in [1.165, 1.54) is 24.5 Å². The first kappa shape index (κ1) is 21.9. The minimum Gasteiger partial charge on any atom is -0.452 e. The average Bonchev–Trinajstić information content (AvgIpc) is 3.28. The number of aromatic nitrogens is 6. The molecule has 0 bridgehead atoms. The van der Waals surface area contributed by atoms with Crippen molar-refractivity contribution in [3.63, 3.8) is 0 Å². The third kappa shape index (κ3) is 4.61. The third-order valence-electron chi connectivity index (χ3n) is 4.77. The summed E-state index contributed by atoms with van der Waals surface area (Å²) in [5, 5.41) is 9.31. The van der Waals surface area contributed by atoms with Gasteiger partial charge in [-0.25, -0.2) is 28.4 Å². The summed E-state index contributed by atoms with van der Waals surface area (Å²) in [4.78, 5) is 24.0. The SMILES string of the molecule is CS(=O)(=O)c1ccc(Oc2cc3[nH]c(-c4cnccn4)nc3cc2Oc2cccnc2C#N)cn1. The molecule has 5 rings (SSSR count). The standard InChI is InChI=1S/C23H15N7O4S/c1-35(31,32)22-5-4-14(12-28-22)33-20-9-15-16(30-23(29-15)18-13-25-7-8-27-18)10-21(20)34-19-3-2-6-26-17(19)11-24/h2-10,12-13H,1H3,(H,29,30). The molecule has 0 fully saturated rings. The lowest BCUT2D eigenvalue weighted by molar-refractivity contribution is 0.416. The monoisotopic (exact) mass is 485 g/mol. The van der Waals surface area contributed by atoms with Gasteiger partial charge in [-0.1, -0.05) is 0 Å². The van der Waals surface area contributed by atoms with Gasteiger partial charge in [-0.15, -0.1) is 0 Å². The van der Waals surface area contributed by atoms with Crippen LogP contribution in [-0.2, 0) is 9.84 Å². The van der Waals surface area contributed by atoms with Gasteiger partial charge in [0.25, 0.3) is 0 Å². The molecular formula is C23H15N7O4S. The first-order chi connectivity index (χ1) is 16.9. The number of ether oxygens (including phenoxy) is 2. The number of rotatable bonds is 6. The van der Waals surface area contributed by atoms with Crippen molar-refractivity contribution in [1.29, 1.82) is 5.26 Å². The zero-order valence-electron chi connectivity index (χ0n) is 18.1. The van der Waals surface area contributed by atoms with Crippen LogP contribution in [0.5, 0.6) is 23.0 Å². The van der Waals surface area contributed by atoms with E-state index < -0.39 is 9.84 Å². The summed E-state index contributed by atoms with van der Waals surface area (Å²) in [5.74, 6) is 1.53. The first-order valence-electron chi connectivity index (χ1n) is 10.1. The predicted molar refractivity (Wildman–Crippen MR) is 124 cm³/mol. The highest BCUT2D eigenvalue weighted by molar-refractivity contribution is 7.90. The second-order valence-corrected chi connectivity index (χ2v) is 9.23. The second-order valence-electron chi connectivity index (χ2n) is 7.26. The summed E-state index contributed by atoms with van der Waals surface area (Å²) in [6.07, 6.45) is 8.56. The van der Waals surface area contributed by atoms with Gasteiger partial charge in [-0.05, 0) is 24.3 Å². The molecule has 0 radical (unpaired) electrons. The highest BCUT2D eigenvalue weighted by Gasteiger charge is 2.17. The van der Waals surface area contributed by atoms with Crippen LogP contribution < -0.4 is 9.47 Å². The molecule has 172 valence electrons. The van der Waals surface area contributed by atoms with Gasteiger partial charge in [-0.3, -0.25) is 4.98 Å². The Bertz CT molecular complexity index is 1680. The molecule has 0 saturated carbocycles. The molecule has 0 unspecified atom stereocenters. The van der Waals surface area contributed by atoms with Crippen LogP contribution >= 0.6 is 0 Å². The van der Waals surface area contributed by atoms with E-state index >= 15 is 0 Å². The van der Waals surface area contributed by atoms with E-state index in [1.807, 2.05) is 6.07 Å². The number of sulfone groups is 1. The summed E-state index contributed by atoms with van der Waals surface area (Å²) in [5.41, 5.74) is 1.83. The van der Waals surface area contributed by atoms with Gasteiger partial charge in [0.1, 0.15) is 17.5 Å². The van der Waals surface area contributed by atoms with Gasteiger partial charge in [-0.2, -0.15) is 5.26 Å². The molecule has 0 aliphatic rings. The summed E-state index contributed by atoms with van der Waals surface area (Å²) in [6.45, 7) is 0. The molecule has 11 nitrogen and oxygen atoms in total. The molecule has 35 heavy (non-hydrogen) atoms. The molecule has 0 aliphatic carbocycles. The van der Waals surface area contributed by atoms with Crippen LogP contribution in [0.2, 0.25) is 0 Å². The molecule has 1 aromatic carbocycles. The van der Waals surface area contributed by atoms with E-state index in [0.29, 0.717) is 22.6 Å². The van der Waals surface area contributed by atoms with Crippen LogP contribution in [-0.4, -0.2) is 44.6 Å². The van der Waals surface area contributed by atoms with Crippen LogP contribution in [0.1, 0.15) is 5.69 Å². The lowest BCUT2D eigenvalue weighted by Crippen LogP contribution is -2.00. The number of hydrogen-bond donors (Lipinski definition) is 1. The van der Waals surface area contributed by atoms with Crippen molar-refractivity contribution in [3.8, 4) is 40.6 Å². The largest absolute Gasteiger partial charge is 0.452 e. The highest BCUT2D eigenvalue weighted by atomic mass is 32.2. The fourth-order valence-electron chi connectivity index (χ4n) is 3.17. The zero-order chi connectivity index (χ0) is 24.4. The molecule has 12 heteroatoms. The minimum atomic E-state index is -3.45.